The summed E-state index contributed by atoms with van der Waals surface area (Å²) in [6.07, 6.45) is 3.56. The van der Waals surface area contributed by atoms with E-state index in [4.69, 9.17) is 5.11 Å². The van der Waals surface area contributed by atoms with E-state index in [1.807, 2.05) is 24.4 Å². The third-order valence-corrected chi connectivity index (χ3v) is 3.13. The molecule has 0 radical (unpaired) electrons. The molecule has 88 valence electrons. The van der Waals surface area contributed by atoms with E-state index in [0.717, 1.165) is 4.88 Å². The molecule has 1 heterocycles. The molecule has 0 aromatic carbocycles. The van der Waals surface area contributed by atoms with Gasteiger partial charge in [-0.1, -0.05) is 0 Å². The average molecular weight is 239 g/mol. The van der Waals surface area contributed by atoms with Crippen LogP contribution in [-0.4, -0.2) is 23.7 Å². The molecule has 1 aromatic rings. The van der Waals surface area contributed by atoms with Gasteiger partial charge in [0.2, 0.25) is 5.91 Å². The summed E-state index contributed by atoms with van der Waals surface area (Å²) >= 11 is 1.61. The Morgan fingerprint density at radius 1 is 1.69 bits per heavy atom. The lowest BCUT2D eigenvalue weighted by Crippen LogP contribution is -2.24. The number of aliphatic hydroxyl groups is 1. The van der Waals surface area contributed by atoms with E-state index in [2.05, 4.69) is 5.32 Å². The number of aryl methyl sites for hydroxylation is 1. The molecule has 0 saturated carbocycles. The van der Waals surface area contributed by atoms with Crippen molar-refractivity contribution in [2.24, 2.45) is 0 Å². The molecule has 1 atom stereocenters. The molecular weight excluding hydrogens is 222 g/mol. The monoisotopic (exact) mass is 239 g/mol. The first-order chi connectivity index (χ1) is 7.59. The molecule has 0 spiro atoms. The first kappa shape index (κ1) is 12.9. The highest BCUT2D eigenvalue weighted by Crippen LogP contribution is 2.16. The minimum absolute atomic E-state index is 0.117. The first-order valence-electron chi connectivity index (χ1n) is 5.27. The average Bonchev–Trinajstić information content (AvgIpc) is 2.60. The summed E-state index contributed by atoms with van der Waals surface area (Å²) in [7, 11) is 0. The van der Waals surface area contributed by atoms with Gasteiger partial charge in [-0.15, -0.1) is 11.3 Å². The molecule has 4 heteroatoms. The molecular formula is C12H17NO2S. The van der Waals surface area contributed by atoms with Crippen molar-refractivity contribution >= 4 is 23.3 Å². The van der Waals surface area contributed by atoms with Crippen LogP contribution in [0.15, 0.2) is 17.5 Å². The maximum atomic E-state index is 11.4. The zero-order valence-electron chi connectivity index (χ0n) is 9.56. The second-order valence-electron chi connectivity index (χ2n) is 3.73. The summed E-state index contributed by atoms with van der Waals surface area (Å²) in [4.78, 5) is 12.5. The molecule has 3 nitrogen and oxygen atoms in total. The summed E-state index contributed by atoms with van der Waals surface area (Å²) in [5.74, 6) is -0.117. The minimum Gasteiger partial charge on any atom is -0.393 e. The summed E-state index contributed by atoms with van der Waals surface area (Å²) in [6.45, 7) is 4.22. The van der Waals surface area contributed by atoms with Gasteiger partial charge in [0.05, 0.1) is 6.10 Å². The molecule has 0 aliphatic carbocycles. The topological polar surface area (TPSA) is 49.3 Å². The van der Waals surface area contributed by atoms with Crippen LogP contribution in [0.5, 0.6) is 0 Å². The third-order valence-electron chi connectivity index (χ3n) is 2.15. The number of hydrogen-bond acceptors (Lipinski definition) is 3. The number of carbonyl (C=O) groups excluding carboxylic acids is 1. The first-order valence-corrected chi connectivity index (χ1v) is 6.15. The number of thiophene rings is 1. The number of hydrogen-bond donors (Lipinski definition) is 2. The maximum Gasteiger partial charge on any atom is 0.244 e. The highest BCUT2D eigenvalue weighted by atomic mass is 32.1. The molecule has 16 heavy (non-hydrogen) atoms. The molecule has 0 aliphatic rings. The Balaban J connectivity index is 2.34. The van der Waals surface area contributed by atoms with Gasteiger partial charge >= 0.3 is 0 Å². The second kappa shape index (κ2) is 6.45. The Morgan fingerprint density at radius 2 is 2.44 bits per heavy atom. The molecule has 0 bridgehead atoms. The summed E-state index contributed by atoms with van der Waals surface area (Å²) < 4.78 is 0. The van der Waals surface area contributed by atoms with Crippen LogP contribution >= 0.6 is 11.3 Å². The minimum atomic E-state index is -0.371. The number of amides is 1. The van der Waals surface area contributed by atoms with E-state index >= 15 is 0 Å². The summed E-state index contributed by atoms with van der Waals surface area (Å²) in [6, 6.07) is 2.02. The van der Waals surface area contributed by atoms with E-state index in [0.29, 0.717) is 13.0 Å². The van der Waals surface area contributed by atoms with Gasteiger partial charge in [0.25, 0.3) is 0 Å². The fraction of sp³-hybridized carbons (Fsp3) is 0.417. The SMILES string of the molecule is Cc1ccsc1C=CC(=O)NCCC(C)O. The van der Waals surface area contributed by atoms with E-state index in [-0.39, 0.29) is 12.0 Å². The van der Waals surface area contributed by atoms with Crippen molar-refractivity contribution in [1.29, 1.82) is 0 Å². The molecule has 1 amide bonds. The van der Waals surface area contributed by atoms with Gasteiger partial charge in [-0.05, 0) is 43.4 Å². The quantitative estimate of drug-likeness (QED) is 0.772. The van der Waals surface area contributed by atoms with Gasteiger partial charge < -0.3 is 10.4 Å². The Hall–Kier alpha value is -1.13. The second-order valence-corrected chi connectivity index (χ2v) is 4.68. The lowest BCUT2D eigenvalue weighted by molar-refractivity contribution is -0.116. The van der Waals surface area contributed by atoms with Crippen LogP contribution in [0.1, 0.15) is 23.8 Å². The van der Waals surface area contributed by atoms with Crippen molar-refractivity contribution < 1.29 is 9.90 Å². The molecule has 0 saturated heterocycles. The predicted octanol–water partition coefficient (Wildman–Crippen LogP) is 1.96. The van der Waals surface area contributed by atoms with Gasteiger partial charge in [-0.2, -0.15) is 0 Å². The molecule has 1 unspecified atom stereocenters. The summed E-state index contributed by atoms with van der Waals surface area (Å²) in [5, 5.41) is 13.7. The van der Waals surface area contributed by atoms with E-state index < -0.39 is 0 Å². The Kier molecular flexibility index (Phi) is 5.22. The van der Waals surface area contributed by atoms with Gasteiger partial charge in [-0.3, -0.25) is 4.79 Å². The number of carbonyl (C=O) groups is 1. The van der Waals surface area contributed by atoms with Crippen LogP contribution in [0.3, 0.4) is 0 Å². The third kappa shape index (κ3) is 4.59. The van der Waals surface area contributed by atoms with Crippen molar-refractivity contribution in [3.8, 4) is 0 Å². The smallest absolute Gasteiger partial charge is 0.244 e. The standard InChI is InChI=1S/C12H17NO2S/c1-9-6-8-16-11(9)3-4-12(15)13-7-5-10(2)14/h3-4,6,8,10,14H,5,7H2,1-2H3,(H,13,15). The van der Waals surface area contributed by atoms with E-state index in [1.165, 1.54) is 11.6 Å². The Morgan fingerprint density at radius 3 is 3.00 bits per heavy atom. The highest BCUT2D eigenvalue weighted by molar-refractivity contribution is 7.11. The fourth-order valence-corrected chi connectivity index (χ4v) is 1.99. The normalized spacial score (nSPS) is 12.9. The van der Waals surface area contributed by atoms with Crippen LogP contribution < -0.4 is 5.32 Å². The number of nitrogens with one attached hydrogen (secondary N) is 1. The van der Waals surface area contributed by atoms with Crippen molar-refractivity contribution in [2.45, 2.75) is 26.4 Å². The Labute approximate surface area is 99.8 Å². The van der Waals surface area contributed by atoms with E-state index in [1.54, 1.807) is 18.3 Å². The highest BCUT2D eigenvalue weighted by Gasteiger charge is 1.99. The van der Waals surface area contributed by atoms with Gasteiger partial charge in [0, 0.05) is 17.5 Å². The lowest BCUT2D eigenvalue weighted by atomic mass is 10.2. The molecule has 1 rings (SSSR count). The Bertz CT molecular complexity index is 369. The van der Waals surface area contributed by atoms with Crippen LogP contribution in [0, 0.1) is 6.92 Å². The number of rotatable bonds is 5. The van der Waals surface area contributed by atoms with E-state index in [9.17, 15) is 4.79 Å². The zero-order chi connectivity index (χ0) is 12.0. The largest absolute Gasteiger partial charge is 0.393 e. The van der Waals surface area contributed by atoms with Crippen molar-refractivity contribution in [1.82, 2.24) is 5.32 Å². The predicted molar refractivity (Wildman–Crippen MR) is 67.4 cm³/mol. The molecule has 2 N–H and O–H groups in total. The summed E-state index contributed by atoms with van der Waals surface area (Å²) in [5.41, 5.74) is 1.18. The van der Waals surface area contributed by atoms with Crippen LogP contribution in [0.2, 0.25) is 0 Å². The number of aliphatic hydroxyl groups excluding tert-OH is 1. The van der Waals surface area contributed by atoms with Crippen molar-refractivity contribution in [2.75, 3.05) is 6.54 Å². The molecule has 0 fully saturated rings. The molecule has 1 aromatic heterocycles. The van der Waals surface area contributed by atoms with Crippen LogP contribution in [-0.2, 0) is 4.79 Å². The van der Waals surface area contributed by atoms with Gasteiger partial charge in [0.15, 0.2) is 0 Å². The van der Waals surface area contributed by atoms with Crippen LogP contribution in [0.4, 0.5) is 0 Å². The zero-order valence-corrected chi connectivity index (χ0v) is 10.4. The fourth-order valence-electron chi connectivity index (χ4n) is 1.17. The van der Waals surface area contributed by atoms with Crippen molar-refractivity contribution in [3.63, 3.8) is 0 Å². The van der Waals surface area contributed by atoms with Gasteiger partial charge in [-0.25, -0.2) is 0 Å². The lowest BCUT2D eigenvalue weighted by Gasteiger charge is -2.03. The van der Waals surface area contributed by atoms with Crippen molar-refractivity contribution in [3.05, 3.63) is 28.0 Å². The maximum absolute atomic E-state index is 11.4. The van der Waals surface area contributed by atoms with Gasteiger partial charge in [0.1, 0.15) is 0 Å². The van der Waals surface area contributed by atoms with Crippen LogP contribution in [0.25, 0.3) is 6.08 Å². The molecule has 0 aliphatic heterocycles.